The van der Waals surface area contributed by atoms with Crippen LogP contribution in [0.15, 0.2) is 87.3 Å². The summed E-state index contributed by atoms with van der Waals surface area (Å²) in [5.41, 5.74) is 4.09. The highest BCUT2D eigenvalue weighted by Gasteiger charge is 2.28. The second-order valence-electron chi connectivity index (χ2n) is 6.99. The molecule has 0 spiro atoms. The van der Waals surface area contributed by atoms with Crippen LogP contribution in [-0.4, -0.2) is 37.9 Å². The number of rotatable bonds is 9. The Labute approximate surface area is 211 Å². The summed E-state index contributed by atoms with van der Waals surface area (Å²) >= 11 is 15.5. The molecular weight excluding hydrogens is 549 g/mol. The molecule has 0 aromatic heterocycles. The van der Waals surface area contributed by atoms with Crippen molar-refractivity contribution >= 4 is 61.3 Å². The van der Waals surface area contributed by atoms with Gasteiger partial charge in [-0.05, 0) is 47.9 Å². The van der Waals surface area contributed by atoms with Gasteiger partial charge in [0.25, 0.3) is 5.91 Å². The number of carbonyl (C=O) groups excluding carboxylic acids is 1. The number of benzene rings is 3. The molecule has 0 fully saturated rings. The van der Waals surface area contributed by atoms with Gasteiger partial charge >= 0.3 is 0 Å². The van der Waals surface area contributed by atoms with Crippen LogP contribution in [0.1, 0.15) is 11.1 Å². The molecule has 0 bridgehead atoms. The van der Waals surface area contributed by atoms with Gasteiger partial charge in [-0.25, -0.2) is 13.8 Å². The molecule has 172 valence electrons. The lowest BCUT2D eigenvalue weighted by Gasteiger charge is -2.22. The lowest BCUT2D eigenvalue weighted by Crippen LogP contribution is -2.40. The van der Waals surface area contributed by atoms with Crippen molar-refractivity contribution < 1.29 is 13.2 Å². The molecule has 3 aromatic carbocycles. The van der Waals surface area contributed by atoms with Gasteiger partial charge < -0.3 is 0 Å². The van der Waals surface area contributed by atoms with E-state index in [-0.39, 0.29) is 21.5 Å². The van der Waals surface area contributed by atoms with E-state index in [9.17, 15) is 13.2 Å². The molecule has 0 atom stereocenters. The summed E-state index contributed by atoms with van der Waals surface area (Å²) in [6, 6.07) is 20.9. The van der Waals surface area contributed by atoms with Crippen LogP contribution < -0.4 is 5.43 Å². The van der Waals surface area contributed by atoms with Crippen LogP contribution in [0, 0.1) is 0 Å². The van der Waals surface area contributed by atoms with Gasteiger partial charge in [-0.2, -0.15) is 9.41 Å². The second kappa shape index (κ2) is 11.8. The molecule has 1 N–H and O–H groups in total. The highest BCUT2D eigenvalue weighted by molar-refractivity contribution is 9.10. The van der Waals surface area contributed by atoms with E-state index < -0.39 is 22.5 Å². The van der Waals surface area contributed by atoms with Crippen LogP contribution in [0.4, 0.5) is 0 Å². The zero-order valence-corrected chi connectivity index (χ0v) is 21.2. The SMILES string of the molecule is O=C(CN(CCc1ccccc1)S(=O)(=O)c1cc(Cl)ccc1Cl)N/N=C\c1ccc(Br)cc1. The fourth-order valence-corrected chi connectivity index (χ4v) is 5.32. The van der Waals surface area contributed by atoms with Crippen molar-refractivity contribution in [3.05, 3.63) is 98.4 Å². The molecule has 0 saturated heterocycles. The number of hydrogen-bond donors (Lipinski definition) is 1. The van der Waals surface area contributed by atoms with E-state index in [0.29, 0.717) is 6.42 Å². The highest BCUT2D eigenvalue weighted by atomic mass is 79.9. The molecule has 0 aliphatic heterocycles. The molecule has 0 aliphatic rings. The lowest BCUT2D eigenvalue weighted by molar-refractivity contribution is -0.121. The Morgan fingerprint density at radius 2 is 1.73 bits per heavy atom. The minimum absolute atomic E-state index is 0.0257. The van der Waals surface area contributed by atoms with Crippen molar-refractivity contribution in [2.45, 2.75) is 11.3 Å². The minimum Gasteiger partial charge on any atom is -0.272 e. The van der Waals surface area contributed by atoms with Gasteiger partial charge in [0.05, 0.1) is 17.8 Å². The van der Waals surface area contributed by atoms with Gasteiger partial charge in [-0.1, -0.05) is 81.6 Å². The standard InChI is InChI=1S/C23H20BrCl2N3O3S/c24-19-8-6-18(7-9-19)15-27-28-23(30)16-29(13-12-17-4-2-1-3-5-17)33(31,32)22-14-20(25)10-11-21(22)26/h1-11,14-15H,12-13,16H2,(H,28,30)/b27-15-. The van der Waals surface area contributed by atoms with Crippen LogP contribution in [-0.2, 0) is 21.2 Å². The molecule has 1 amide bonds. The third-order valence-electron chi connectivity index (χ3n) is 4.60. The predicted octanol–water partition coefficient (Wildman–Crippen LogP) is 5.14. The summed E-state index contributed by atoms with van der Waals surface area (Å²) in [4.78, 5) is 12.4. The molecule has 3 aromatic rings. The largest absolute Gasteiger partial charge is 0.272 e. The molecule has 33 heavy (non-hydrogen) atoms. The molecule has 10 heteroatoms. The molecule has 0 aliphatic carbocycles. The Hall–Kier alpha value is -2.23. The second-order valence-corrected chi connectivity index (χ2v) is 10.7. The number of halogens is 3. The van der Waals surface area contributed by atoms with Gasteiger partial charge in [0.15, 0.2) is 0 Å². The average molecular weight is 569 g/mol. The predicted molar refractivity (Wildman–Crippen MR) is 135 cm³/mol. The molecule has 0 saturated carbocycles. The van der Waals surface area contributed by atoms with Gasteiger partial charge in [0, 0.05) is 16.0 Å². The lowest BCUT2D eigenvalue weighted by atomic mass is 10.1. The van der Waals surface area contributed by atoms with Crippen molar-refractivity contribution in [2.24, 2.45) is 5.10 Å². The summed E-state index contributed by atoms with van der Waals surface area (Å²) in [5.74, 6) is -0.585. The van der Waals surface area contributed by atoms with E-state index in [1.807, 2.05) is 54.6 Å². The van der Waals surface area contributed by atoms with Crippen molar-refractivity contribution in [3.8, 4) is 0 Å². The van der Waals surface area contributed by atoms with Crippen molar-refractivity contribution in [3.63, 3.8) is 0 Å². The Morgan fingerprint density at radius 3 is 2.42 bits per heavy atom. The smallest absolute Gasteiger partial charge is 0.255 e. The van der Waals surface area contributed by atoms with E-state index in [2.05, 4.69) is 26.5 Å². The third-order valence-corrected chi connectivity index (χ3v) is 7.69. The first kappa shape index (κ1) is 25.4. The zero-order valence-electron chi connectivity index (χ0n) is 17.3. The maximum absolute atomic E-state index is 13.3. The van der Waals surface area contributed by atoms with Crippen LogP contribution in [0.5, 0.6) is 0 Å². The Balaban J connectivity index is 1.78. The first-order chi connectivity index (χ1) is 15.8. The number of hydrazone groups is 1. The highest BCUT2D eigenvalue weighted by Crippen LogP contribution is 2.28. The van der Waals surface area contributed by atoms with E-state index in [1.165, 1.54) is 24.4 Å². The molecular formula is C23H20BrCl2N3O3S. The summed E-state index contributed by atoms with van der Waals surface area (Å²) < 4.78 is 28.7. The zero-order chi connectivity index (χ0) is 23.8. The Bertz CT molecular complexity index is 1240. The van der Waals surface area contributed by atoms with Crippen molar-refractivity contribution in [2.75, 3.05) is 13.1 Å². The fraction of sp³-hybridized carbons (Fsp3) is 0.130. The summed E-state index contributed by atoms with van der Waals surface area (Å²) in [7, 11) is -4.10. The van der Waals surface area contributed by atoms with Crippen LogP contribution in [0.3, 0.4) is 0 Å². The average Bonchev–Trinajstić information content (AvgIpc) is 2.80. The first-order valence-electron chi connectivity index (χ1n) is 9.82. The molecule has 6 nitrogen and oxygen atoms in total. The normalized spacial score (nSPS) is 11.8. The molecule has 0 radical (unpaired) electrons. The molecule has 0 heterocycles. The number of carbonyl (C=O) groups is 1. The number of nitrogens with zero attached hydrogens (tertiary/aromatic N) is 2. The van der Waals surface area contributed by atoms with E-state index in [4.69, 9.17) is 23.2 Å². The number of hydrogen-bond acceptors (Lipinski definition) is 4. The van der Waals surface area contributed by atoms with Gasteiger partial charge in [-0.3, -0.25) is 4.79 Å². The summed E-state index contributed by atoms with van der Waals surface area (Å²) in [6.45, 7) is -0.366. The maximum Gasteiger partial charge on any atom is 0.255 e. The Kier molecular flexibility index (Phi) is 9.05. The number of sulfonamides is 1. The molecule has 3 rings (SSSR count). The van der Waals surface area contributed by atoms with Crippen LogP contribution in [0.2, 0.25) is 10.0 Å². The van der Waals surface area contributed by atoms with Crippen LogP contribution >= 0.6 is 39.1 Å². The van der Waals surface area contributed by atoms with Gasteiger partial charge in [0.1, 0.15) is 4.90 Å². The maximum atomic E-state index is 13.3. The first-order valence-corrected chi connectivity index (χ1v) is 12.8. The number of amides is 1. The monoisotopic (exact) mass is 567 g/mol. The van der Waals surface area contributed by atoms with Gasteiger partial charge in [0.2, 0.25) is 10.0 Å². The van der Waals surface area contributed by atoms with E-state index >= 15 is 0 Å². The summed E-state index contributed by atoms with van der Waals surface area (Å²) in [6.07, 6.45) is 1.88. The quantitative estimate of drug-likeness (QED) is 0.287. The van der Waals surface area contributed by atoms with Crippen molar-refractivity contribution in [1.29, 1.82) is 0 Å². The van der Waals surface area contributed by atoms with E-state index in [0.717, 1.165) is 19.9 Å². The molecule has 0 unspecified atom stereocenters. The van der Waals surface area contributed by atoms with Gasteiger partial charge in [-0.15, -0.1) is 0 Å². The topological polar surface area (TPSA) is 78.8 Å². The van der Waals surface area contributed by atoms with Crippen LogP contribution in [0.25, 0.3) is 0 Å². The third kappa shape index (κ3) is 7.38. The minimum atomic E-state index is -4.10. The van der Waals surface area contributed by atoms with E-state index in [1.54, 1.807) is 0 Å². The number of nitrogens with one attached hydrogen (secondary N) is 1. The van der Waals surface area contributed by atoms with Crippen molar-refractivity contribution in [1.82, 2.24) is 9.73 Å². The fourth-order valence-electron chi connectivity index (χ4n) is 2.92. The summed E-state index contributed by atoms with van der Waals surface area (Å²) in [5, 5.41) is 4.17. The Morgan fingerprint density at radius 1 is 1.03 bits per heavy atom.